The van der Waals surface area contributed by atoms with E-state index in [0.29, 0.717) is 18.9 Å². The van der Waals surface area contributed by atoms with E-state index in [1.165, 1.54) is 12.1 Å². The highest BCUT2D eigenvalue weighted by Gasteiger charge is 2.00. The summed E-state index contributed by atoms with van der Waals surface area (Å²) in [4.78, 5) is 8.30. The number of aliphatic hydroxyl groups is 1. The molecule has 0 bridgehead atoms. The van der Waals surface area contributed by atoms with Gasteiger partial charge in [0.2, 0.25) is 5.95 Å². The van der Waals surface area contributed by atoms with Gasteiger partial charge in [-0.25, -0.2) is 14.4 Å². The Morgan fingerprint density at radius 2 is 1.72 bits per heavy atom. The minimum absolute atomic E-state index is 0.140. The van der Waals surface area contributed by atoms with Gasteiger partial charge in [-0.1, -0.05) is 12.1 Å². The van der Waals surface area contributed by atoms with Crippen molar-refractivity contribution in [2.45, 2.75) is 6.42 Å². The highest BCUT2D eigenvalue weighted by atomic mass is 19.1. The lowest BCUT2D eigenvalue weighted by Crippen LogP contribution is -2.06. The van der Waals surface area contributed by atoms with Crippen LogP contribution in [-0.4, -0.2) is 28.2 Å². The maximum atomic E-state index is 12.8. The molecule has 0 fully saturated rings. The molecule has 0 aliphatic rings. The fourth-order valence-electron chi connectivity index (χ4n) is 1.49. The van der Waals surface area contributed by atoms with Gasteiger partial charge in [-0.15, -0.1) is 0 Å². The molecule has 2 aromatic rings. The van der Waals surface area contributed by atoms with Crippen LogP contribution in [0.15, 0.2) is 36.7 Å². The smallest absolute Gasteiger partial charge is 0.222 e. The summed E-state index contributed by atoms with van der Waals surface area (Å²) in [7, 11) is 0. The minimum atomic E-state index is -0.262. The molecule has 0 aliphatic heterocycles. The lowest BCUT2D eigenvalue weighted by atomic mass is 10.1. The van der Waals surface area contributed by atoms with E-state index in [1.54, 1.807) is 24.5 Å². The van der Waals surface area contributed by atoms with E-state index in [9.17, 15) is 4.39 Å². The van der Waals surface area contributed by atoms with Crippen LogP contribution in [-0.2, 0) is 0 Å². The summed E-state index contributed by atoms with van der Waals surface area (Å²) in [5.74, 6) is 0.260. The summed E-state index contributed by atoms with van der Waals surface area (Å²) in [6, 6.07) is 6.19. The standard InChI is InChI=1S/C13H14FN3O/c14-12-4-2-10(3-5-12)11-8-16-13(17-9-11)15-6-1-7-18/h2-5,8-9,18H,1,6-7H2,(H,15,16,17). The van der Waals surface area contributed by atoms with Crippen LogP contribution in [0.3, 0.4) is 0 Å². The van der Waals surface area contributed by atoms with Gasteiger partial charge in [-0.2, -0.15) is 0 Å². The lowest BCUT2D eigenvalue weighted by molar-refractivity contribution is 0.292. The summed E-state index contributed by atoms with van der Waals surface area (Å²) >= 11 is 0. The van der Waals surface area contributed by atoms with E-state index in [-0.39, 0.29) is 12.4 Å². The third kappa shape index (κ3) is 3.24. The van der Waals surface area contributed by atoms with Gasteiger partial charge < -0.3 is 10.4 Å². The predicted octanol–water partition coefficient (Wildman–Crippen LogP) is 2.08. The number of aliphatic hydroxyl groups excluding tert-OH is 1. The third-order valence-corrected chi connectivity index (χ3v) is 2.45. The molecule has 0 saturated heterocycles. The number of hydrogen-bond donors (Lipinski definition) is 2. The van der Waals surface area contributed by atoms with Crippen LogP contribution >= 0.6 is 0 Å². The molecular formula is C13H14FN3O. The molecular weight excluding hydrogens is 233 g/mol. The van der Waals surface area contributed by atoms with Crippen molar-refractivity contribution >= 4 is 5.95 Å². The average molecular weight is 247 g/mol. The molecule has 5 heteroatoms. The molecule has 0 radical (unpaired) electrons. The second-order valence-electron chi connectivity index (χ2n) is 3.81. The van der Waals surface area contributed by atoms with Crippen molar-refractivity contribution in [1.29, 1.82) is 0 Å². The van der Waals surface area contributed by atoms with E-state index in [0.717, 1.165) is 11.1 Å². The Labute approximate surface area is 105 Å². The maximum Gasteiger partial charge on any atom is 0.222 e. The Bertz CT molecular complexity index is 485. The van der Waals surface area contributed by atoms with E-state index in [4.69, 9.17) is 5.11 Å². The van der Waals surface area contributed by atoms with Crippen LogP contribution in [0.4, 0.5) is 10.3 Å². The molecule has 0 saturated carbocycles. The zero-order valence-corrected chi connectivity index (χ0v) is 9.81. The summed E-state index contributed by atoms with van der Waals surface area (Å²) < 4.78 is 12.8. The first-order valence-corrected chi connectivity index (χ1v) is 5.72. The fourth-order valence-corrected chi connectivity index (χ4v) is 1.49. The topological polar surface area (TPSA) is 58.0 Å². The van der Waals surface area contributed by atoms with Crippen molar-refractivity contribution in [3.8, 4) is 11.1 Å². The Kier molecular flexibility index (Phi) is 4.20. The van der Waals surface area contributed by atoms with Gasteiger partial charge in [0.05, 0.1) is 0 Å². The number of rotatable bonds is 5. The Hall–Kier alpha value is -2.01. The Morgan fingerprint density at radius 3 is 2.33 bits per heavy atom. The van der Waals surface area contributed by atoms with E-state index in [2.05, 4.69) is 15.3 Å². The summed E-state index contributed by atoms with van der Waals surface area (Å²) in [5, 5.41) is 11.6. The van der Waals surface area contributed by atoms with Crippen LogP contribution in [0.1, 0.15) is 6.42 Å². The molecule has 0 spiro atoms. The van der Waals surface area contributed by atoms with Crippen LogP contribution in [0.25, 0.3) is 11.1 Å². The largest absolute Gasteiger partial charge is 0.396 e. The van der Waals surface area contributed by atoms with Gasteiger partial charge in [0.15, 0.2) is 0 Å². The molecule has 2 rings (SSSR count). The number of nitrogens with one attached hydrogen (secondary N) is 1. The van der Waals surface area contributed by atoms with Gasteiger partial charge in [0, 0.05) is 31.1 Å². The van der Waals surface area contributed by atoms with Gasteiger partial charge in [0.25, 0.3) is 0 Å². The number of benzene rings is 1. The lowest BCUT2D eigenvalue weighted by Gasteiger charge is -2.04. The van der Waals surface area contributed by atoms with E-state index in [1.807, 2.05) is 0 Å². The summed E-state index contributed by atoms with van der Waals surface area (Å²) in [6.07, 6.45) is 4.02. The van der Waals surface area contributed by atoms with Gasteiger partial charge in [0.1, 0.15) is 5.82 Å². The normalized spacial score (nSPS) is 10.3. The monoisotopic (exact) mass is 247 g/mol. The molecule has 1 aromatic heterocycles. The number of halogens is 1. The molecule has 0 unspecified atom stereocenters. The summed E-state index contributed by atoms with van der Waals surface area (Å²) in [5.41, 5.74) is 1.71. The van der Waals surface area contributed by atoms with Crippen LogP contribution < -0.4 is 5.32 Å². The number of nitrogens with zero attached hydrogens (tertiary/aromatic N) is 2. The number of anilines is 1. The first-order chi connectivity index (χ1) is 8.79. The highest BCUT2D eigenvalue weighted by Crippen LogP contribution is 2.18. The maximum absolute atomic E-state index is 12.8. The van der Waals surface area contributed by atoms with Crippen molar-refractivity contribution in [3.63, 3.8) is 0 Å². The highest BCUT2D eigenvalue weighted by molar-refractivity contribution is 5.61. The minimum Gasteiger partial charge on any atom is -0.396 e. The van der Waals surface area contributed by atoms with Gasteiger partial charge in [-0.05, 0) is 24.1 Å². The van der Waals surface area contributed by atoms with Crippen molar-refractivity contribution in [2.24, 2.45) is 0 Å². The average Bonchev–Trinajstić information content (AvgIpc) is 2.41. The second kappa shape index (κ2) is 6.07. The van der Waals surface area contributed by atoms with Crippen molar-refractivity contribution in [2.75, 3.05) is 18.5 Å². The SMILES string of the molecule is OCCCNc1ncc(-c2ccc(F)cc2)cn1. The molecule has 1 heterocycles. The number of hydrogen-bond acceptors (Lipinski definition) is 4. The molecule has 4 nitrogen and oxygen atoms in total. The molecule has 94 valence electrons. The summed E-state index contributed by atoms with van der Waals surface area (Å²) in [6.45, 7) is 0.771. The Morgan fingerprint density at radius 1 is 1.06 bits per heavy atom. The molecule has 0 atom stereocenters. The zero-order valence-electron chi connectivity index (χ0n) is 9.81. The Balaban J connectivity index is 2.05. The molecule has 1 aromatic carbocycles. The molecule has 2 N–H and O–H groups in total. The van der Waals surface area contributed by atoms with Crippen LogP contribution in [0, 0.1) is 5.82 Å². The fraction of sp³-hybridized carbons (Fsp3) is 0.231. The van der Waals surface area contributed by atoms with Crippen molar-refractivity contribution < 1.29 is 9.50 Å². The zero-order chi connectivity index (χ0) is 12.8. The van der Waals surface area contributed by atoms with Crippen LogP contribution in [0.5, 0.6) is 0 Å². The van der Waals surface area contributed by atoms with E-state index < -0.39 is 0 Å². The second-order valence-corrected chi connectivity index (χ2v) is 3.81. The molecule has 0 amide bonds. The van der Waals surface area contributed by atoms with Crippen molar-refractivity contribution in [3.05, 3.63) is 42.5 Å². The molecule has 18 heavy (non-hydrogen) atoms. The van der Waals surface area contributed by atoms with Crippen molar-refractivity contribution in [1.82, 2.24) is 9.97 Å². The number of aromatic nitrogens is 2. The van der Waals surface area contributed by atoms with E-state index >= 15 is 0 Å². The van der Waals surface area contributed by atoms with Gasteiger partial charge >= 0.3 is 0 Å². The van der Waals surface area contributed by atoms with Crippen LogP contribution in [0.2, 0.25) is 0 Å². The molecule has 0 aliphatic carbocycles. The third-order valence-electron chi connectivity index (χ3n) is 2.45. The van der Waals surface area contributed by atoms with Gasteiger partial charge in [-0.3, -0.25) is 0 Å². The predicted molar refractivity (Wildman–Crippen MR) is 67.6 cm³/mol. The first kappa shape index (κ1) is 12.4. The quantitative estimate of drug-likeness (QED) is 0.794. The first-order valence-electron chi connectivity index (χ1n) is 5.72.